The van der Waals surface area contributed by atoms with Crippen molar-refractivity contribution >= 4 is 0 Å². The Balaban J connectivity index is 1.73. The molecule has 0 saturated carbocycles. The summed E-state index contributed by atoms with van der Waals surface area (Å²) in [4.78, 5) is 8.23. The molecule has 0 aliphatic carbocycles. The molecule has 1 unspecified atom stereocenters. The fourth-order valence-corrected chi connectivity index (χ4v) is 2.32. The van der Waals surface area contributed by atoms with E-state index in [1.54, 1.807) is 0 Å². The average molecular weight is 279 g/mol. The summed E-state index contributed by atoms with van der Waals surface area (Å²) < 4.78 is 0. The van der Waals surface area contributed by atoms with Gasteiger partial charge in [0.15, 0.2) is 0 Å². The van der Waals surface area contributed by atoms with Crippen molar-refractivity contribution in [1.29, 1.82) is 0 Å². The minimum Gasteiger partial charge on any atom is -0.306 e. The minimum atomic E-state index is 0.150. The van der Waals surface area contributed by atoms with Crippen LogP contribution in [-0.4, -0.2) is 26.7 Å². The van der Waals surface area contributed by atoms with E-state index in [0.29, 0.717) is 0 Å². The summed E-state index contributed by atoms with van der Waals surface area (Å²) in [6, 6.07) is 14.6. The second-order valence-corrected chi connectivity index (χ2v) is 4.76. The molecule has 1 aromatic carbocycles. The minimum absolute atomic E-state index is 0.150. The van der Waals surface area contributed by atoms with Crippen LogP contribution in [0.1, 0.15) is 23.0 Å². The van der Waals surface area contributed by atoms with Gasteiger partial charge in [-0.25, -0.2) is 4.98 Å². The Labute approximate surface area is 123 Å². The highest BCUT2D eigenvalue weighted by Crippen LogP contribution is 2.21. The second kappa shape index (κ2) is 6.76. The van der Waals surface area contributed by atoms with Crippen LogP contribution in [0, 0.1) is 0 Å². The van der Waals surface area contributed by atoms with Crippen molar-refractivity contribution < 1.29 is 0 Å². The van der Waals surface area contributed by atoms with Crippen LogP contribution in [0.5, 0.6) is 0 Å². The summed E-state index contributed by atoms with van der Waals surface area (Å²) in [6.45, 7) is 0.817. The zero-order valence-electron chi connectivity index (χ0n) is 11.6. The molecule has 21 heavy (non-hydrogen) atoms. The predicted molar refractivity (Wildman–Crippen MR) is 80.6 cm³/mol. The van der Waals surface area contributed by atoms with Crippen LogP contribution < -0.4 is 5.32 Å². The average Bonchev–Trinajstić information content (AvgIpc) is 3.07. The van der Waals surface area contributed by atoms with Crippen molar-refractivity contribution in [2.45, 2.75) is 12.5 Å². The van der Waals surface area contributed by atoms with Crippen LogP contribution in [0.2, 0.25) is 0 Å². The van der Waals surface area contributed by atoms with Gasteiger partial charge in [-0.15, -0.1) is 0 Å². The second-order valence-electron chi connectivity index (χ2n) is 4.76. The van der Waals surface area contributed by atoms with Crippen molar-refractivity contribution in [3.05, 3.63) is 78.1 Å². The molecule has 3 aromatic rings. The van der Waals surface area contributed by atoms with Crippen molar-refractivity contribution in [3.8, 4) is 0 Å². The first-order valence-electron chi connectivity index (χ1n) is 6.96. The molecular formula is C16H17N5. The maximum atomic E-state index is 4.14. The Hall–Kier alpha value is -2.53. The van der Waals surface area contributed by atoms with Gasteiger partial charge < -0.3 is 5.32 Å². The molecule has 5 nitrogen and oxygen atoms in total. The van der Waals surface area contributed by atoms with Gasteiger partial charge in [0, 0.05) is 25.4 Å². The van der Waals surface area contributed by atoms with E-state index < -0.39 is 0 Å². The number of H-pyrrole nitrogens is 1. The first-order chi connectivity index (χ1) is 10.4. The van der Waals surface area contributed by atoms with Gasteiger partial charge in [0.25, 0.3) is 0 Å². The molecule has 5 heteroatoms. The Morgan fingerprint density at radius 3 is 2.48 bits per heavy atom. The highest BCUT2D eigenvalue weighted by Gasteiger charge is 2.12. The van der Waals surface area contributed by atoms with Gasteiger partial charge in [0.2, 0.25) is 0 Å². The van der Waals surface area contributed by atoms with Gasteiger partial charge in [-0.2, -0.15) is 5.10 Å². The summed E-state index contributed by atoms with van der Waals surface area (Å²) in [5.41, 5.74) is 2.44. The predicted octanol–water partition coefficient (Wildman–Crippen LogP) is 2.12. The molecule has 0 amide bonds. The quantitative estimate of drug-likeness (QED) is 0.725. The Bertz CT molecular complexity index is 597. The molecule has 0 aliphatic heterocycles. The molecule has 2 aromatic heterocycles. The molecule has 1 atom stereocenters. The Kier molecular flexibility index (Phi) is 4.33. The third-order valence-corrected chi connectivity index (χ3v) is 3.35. The lowest BCUT2D eigenvalue weighted by Crippen LogP contribution is -2.25. The monoisotopic (exact) mass is 279 g/mol. The Morgan fingerprint density at radius 1 is 1.00 bits per heavy atom. The van der Waals surface area contributed by atoms with Gasteiger partial charge in [0.1, 0.15) is 12.2 Å². The standard InChI is InChI=1S/C16H17N5/c1-2-4-13(5-3-1)16(14-6-9-17-10-7-14)18-11-8-15-19-12-20-21-15/h1-7,9-10,12,16,18H,8,11H2,(H,19,20,21). The van der Waals surface area contributed by atoms with E-state index in [1.807, 2.05) is 30.6 Å². The zero-order chi connectivity index (χ0) is 14.3. The maximum absolute atomic E-state index is 4.14. The van der Waals surface area contributed by atoms with Gasteiger partial charge in [0.05, 0.1) is 6.04 Å². The van der Waals surface area contributed by atoms with Crippen LogP contribution in [0.15, 0.2) is 61.2 Å². The van der Waals surface area contributed by atoms with E-state index in [-0.39, 0.29) is 6.04 Å². The van der Waals surface area contributed by atoms with Gasteiger partial charge >= 0.3 is 0 Å². The normalized spacial score (nSPS) is 12.2. The molecular weight excluding hydrogens is 262 g/mol. The number of benzene rings is 1. The number of rotatable bonds is 6. The van der Waals surface area contributed by atoms with Gasteiger partial charge in [-0.1, -0.05) is 30.3 Å². The fraction of sp³-hybridized carbons (Fsp3) is 0.188. The molecule has 2 heterocycles. The van der Waals surface area contributed by atoms with E-state index >= 15 is 0 Å². The fourth-order valence-electron chi connectivity index (χ4n) is 2.32. The molecule has 2 N–H and O–H groups in total. The summed E-state index contributed by atoms with van der Waals surface area (Å²) in [5.74, 6) is 0.893. The maximum Gasteiger partial charge on any atom is 0.137 e. The lowest BCUT2D eigenvalue weighted by Gasteiger charge is -2.19. The summed E-state index contributed by atoms with van der Waals surface area (Å²) in [6.07, 6.45) is 5.99. The smallest absolute Gasteiger partial charge is 0.137 e. The van der Waals surface area contributed by atoms with Crippen molar-refractivity contribution in [2.75, 3.05) is 6.54 Å². The third kappa shape index (κ3) is 3.52. The van der Waals surface area contributed by atoms with E-state index in [0.717, 1.165) is 18.8 Å². The van der Waals surface area contributed by atoms with Gasteiger partial charge in [-0.05, 0) is 23.3 Å². The molecule has 0 radical (unpaired) electrons. The molecule has 0 spiro atoms. The first-order valence-corrected chi connectivity index (χ1v) is 6.96. The number of aromatic nitrogens is 4. The molecule has 106 valence electrons. The van der Waals surface area contributed by atoms with Crippen molar-refractivity contribution in [1.82, 2.24) is 25.5 Å². The Morgan fingerprint density at radius 2 is 1.76 bits per heavy atom. The van der Waals surface area contributed by atoms with E-state index in [9.17, 15) is 0 Å². The largest absolute Gasteiger partial charge is 0.306 e. The number of pyridine rings is 1. The first kappa shape index (κ1) is 13.5. The SMILES string of the molecule is c1ccc(C(NCCc2ncn[nH]2)c2ccncc2)cc1. The van der Waals surface area contributed by atoms with E-state index in [4.69, 9.17) is 0 Å². The number of nitrogens with one attached hydrogen (secondary N) is 2. The molecule has 0 fully saturated rings. The summed E-state index contributed by atoms with van der Waals surface area (Å²) in [7, 11) is 0. The molecule has 0 bridgehead atoms. The highest BCUT2D eigenvalue weighted by atomic mass is 15.2. The highest BCUT2D eigenvalue weighted by molar-refractivity contribution is 5.30. The lowest BCUT2D eigenvalue weighted by atomic mass is 9.99. The summed E-state index contributed by atoms with van der Waals surface area (Å²) in [5, 5.41) is 10.3. The third-order valence-electron chi connectivity index (χ3n) is 3.35. The van der Waals surface area contributed by atoms with Crippen molar-refractivity contribution in [3.63, 3.8) is 0 Å². The van der Waals surface area contributed by atoms with Gasteiger partial charge in [-0.3, -0.25) is 10.1 Å². The number of nitrogens with zero attached hydrogens (tertiary/aromatic N) is 3. The van der Waals surface area contributed by atoms with E-state index in [1.165, 1.54) is 17.5 Å². The van der Waals surface area contributed by atoms with Crippen LogP contribution >= 0.6 is 0 Å². The molecule has 3 rings (SSSR count). The van der Waals surface area contributed by atoms with Crippen LogP contribution in [0.4, 0.5) is 0 Å². The topological polar surface area (TPSA) is 66.5 Å². The zero-order valence-corrected chi connectivity index (χ0v) is 11.6. The van der Waals surface area contributed by atoms with Crippen LogP contribution in [-0.2, 0) is 6.42 Å². The van der Waals surface area contributed by atoms with E-state index in [2.05, 4.69) is 49.7 Å². The van der Waals surface area contributed by atoms with Crippen molar-refractivity contribution in [2.24, 2.45) is 0 Å². The lowest BCUT2D eigenvalue weighted by molar-refractivity contribution is 0.597. The van der Waals surface area contributed by atoms with Crippen LogP contribution in [0.25, 0.3) is 0 Å². The number of hydrogen-bond acceptors (Lipinski definition) is 4. The molecule has 0 aliphatic rings. The van der Waals surface area contributed by atoms with Crippen LogP contribution in [0.3, 0.4) is 0 Å². The molecule has 0 saturated heterocycles. The summed E-state index contributed by atoms with van der Waals surface area (Å²) >= 11 is 0. The number of aromatic amines is 1. The number of hydrogen-bond donors (Lipinski definition) is 2.